The van der Waals surface area contributed by atoms with Crippen LogP contribution in [0.15, 0.2) is 65.5 Å². The van der Waals surface area contributed by atoms with Crippen molar-refractivity contribution in [3.05, 3.63) is 82.7 Å². The van der Waals surface area contributed by atoms with Gasteiger partial charge in [-0.1, -0.05) is 42.5 Å². The van der Waals surface area contributed by atoms with Crippen molar-refractivity contribution in [3.8, 4) is 10.4 Å². The number of rotatable bonds is 4. The van der Waals surface area contributed by atoms with Gasteiger partial charge in [-0.2, -0.15) is 0 Å². The highest BCUT2D eigenvalue weighted by molar-refractivity contribution is 7.21. The van der Waals surface area contributed by atoms with Crippen LogP contribution >= 0.6 is 11.3 Å². The Balaban J connectivity index is 1.67. The van der Waals surface area contributed by atoms with Crippen LogP contribution in [0.2, 0.25) is 0 Å². The first-order valence-electron chi connectivity index (χ1n) is 8.64. The molecule has 0 aliphatic heterocycles. The Bertz CT molecular complexity index is 1230. The summed E-state index contributed by atoms with van der Waals surface area (Å²) < 4.78 is 15.0. The highest BCUT2D eigenvalue weighted by Crippen LogP contribution is 2.30. The normalized spacial score (nSPS) is 10.9. The van der Waals surface area contributed by atoms with Crippen molar-refractivity contribution in [1.82, 2.24) is 9.55 Å². The Morgan fingerprint density at radius 1 is 1.14 bits per heavy atom. The fourth-order valence-corrected chi connectivity index (χ4v) is 4.02. The van der Waals surface area contributed by atoms with Crippen molar-refractivity contribution < 1.29 is 9.18 Å². The number of para-hydroxylation sites is 1. The predicted octanol–water partition coefficient (Wildman–Crippen LogP) is 4.21. The lowest BCUT2D eigenvalue weighted by Gasteiger charge is -2.10. The molecule has 2 aromatic heterocycles. The Kier molecular flexibility index (Phi) is 4.75. The van der Waals surface area contributed by atoms with Crippen LogP contribution in [-0.2, 0) is 11.3 Å². The third-order valence-electron chi connectivity index (χ3n) is 4.35. The van der Waals surface area contributed by atoms with Gasteiger partial charge >= 0.3 is 0 Å². The number of fused-ring (bicyclic) bond motifs is 1. The summed E-state index contributed by atoms with van der Waals surface area (Å²) in [4.78, 5) is 31.3. The molecule has 2 aromatic carbocycles. The SMILES string of the molecule is Cc1nc2sc(-c3ccccc3)cc2c(=O)n1CC(=O)Nc1ccccc1F. The predicted molar refractivity (Wildman–Crippen MR) is 109 cm³/mol. The number of aromatic nitrogens is 2. The number of halogens is 1. The number of thiophene rings is 1. The third kappa shape index (κ3) is 3.44. The van der Waals surface area contributed by atoms with E-state index in [1.807, 2.05) is 30.3 Å². The van der Waals surface area contributed by atoms with E-state index in [9.17, 15) is 14.0 Å². The highest BCUT2D eigenvalue weighted by Gasteiger charge is 2.15. The molecule has 0 aliphatic carbocycles. The van der Waals surface area contributed by atoms with Crippen LogP contribution in [0.3, 0.4) is 0 Å². The first kappa shape index (κ1) is 18.1. The maximum atomic E-state index is 13.7. The molecule has 0 fully saturated rings. The largest absolute Gasteiger partial charge is 0.322 e. The minimum atomic E-state index is -0.529. The molecule has 0 atom stereocenters. The van der Waals surface area contributed by atoms with Crippen molar-refractivity contribution >= 4 is 33.1 Å². The van der Waals surface area contributed by atoms with Gasteiger partial charge in [-0.15, -0.1) is 11.3 Å². The molecule has 5 nitrogen and oxygen atoms in total. The summed E-state index contributed by atoms with van der Waals surface area (Å²) in [6.45, 7) is 1.44. The number of nitrogens with zero attached hydrogens (tertiary/aromatic N) is 2. The van der Waals surface area contributed by atoms with Gasteiger partial charge in [-0.25, -0.2) is 9.37 Å². The number of carbonyl (C=O) groups is 1. The van der Waals surface area contributed by atoms with Gasteiger partial charge < -0.3 is 5.32 Å². The molecule has 0 spiro atoms. The Labute approximate surface area is 164 Å². The average Bonchev–Trinajstić information content (AvgIpc) is 3.12. The van der Waals surface area contributed by atoms with Crippen LogP contribution in [-0.4, -0.2) is 15.5 Å². The van der Waals surface area contributed by atoms with Gasteiger partial charge in [-0.3, -0.25) is 14.2 Å². The van der Waals surface area contributed by atoms with Crippen molar-refractivity contribution in [3.63, 3.8) is 0 Å². The summed E-state index contributed by atoms with van der Waals surface area (Å²) in [5, 5.41) is 2.96. The summed E-state index contributed by atoms with van der Waals surface area (Å²) in [6, 6.07) is 17.4. The molecule has 0 saturated heterocycles. The zero-order chi connectivity index (χ0) is 19.7. The monoisotopic (exact) mass is 393 g/mol. The molecule has 28 heavy (non-hydrogen) atoms. The molecule has 140 valence electrons. The Hall–Kier alpha value is -3.32. The molecule has 4 rings (SSSR count). The quantitative estimate of drug-likeness (QED) is 0.565. The zero-order valence-corrected chi connectivity index (χ0v) is 15.8. The second kappa shape index (κ2) is 7.36. The summed E-state index contributed by atoms with van der Waals surface area (Å²) >= 11 is 1.44. The lowest BCUT2D eigenvalue weighted by molar-refractivity contribution is -0.116. The van der Waals surface area contributed by atoms with Gasteiger partial charge in [0.05, 0.1) is 11.1 Å². The van der Waals surface area contributed by atoms with Crippen molar-refractivity contribution in [2.45, 2.75) is 13.5 Å². The molecule has 0 bridgehead atoms. The van der Waals surface area contributed by atoms with Crippen LogP contribution in [0.4, 0.5) is 10.1 Å². The number of hydrogen-bond donors (Lipinski definition) is 1. The number of amides is 1. The molecule has 0 aliphatic rings. The van der Waals surface area contributed by atoms with Gasteiger partial charge in [0, 0.05) is 4.88 Å². The minimum Gasteiger partial charge on any atom is -0.322 e. The topological polar surface area (TPSA) is 64.0 Å². The van der Waals surface area contributed by atoms with Gasteiger partial charge in [0.25, 0.3) is 5.56 Å². The van der Waals surface area contributed by atoms with E-state index in [1.165, 1.54) is 28.0 Å². The van der Waals surface area contributed by atoms with E-state index in [-0.39, 0.29) is 17.8 Å². The Morgan fingerprint density at radius 3 is 2.61 bits per heavy atom. The molecule has 0 radical (unpaired) electrons. The maximum Gasteiger partial charge on any atom is 0.262 e. The van der Waals surface area contributed by atoms with Crippen LogP contribution < -0.4 is 10.9 Å². The van der Waals surface area contributed by atoms with Crippen LogP contribution in [0.25, 0.3) is 20.7 Å². The number of carbonyl (C=O) groups excluding carboxylic acids is 1. The summed E-state index contributed by atoms with van der Waals surface area (Å²) in [7, 11) is 0. The first-order chi connectivity index (χ1) is 13.5. The summed E-state index contributed by atoms with van der Waals surface area (Å²) in [5.74, 6) is -0.587. The maximum absolute atomic E-state index is 13.7. The van der Waals surface area contributed by atoms with Crippen LogP contribution in [0, 0.1) is 12.7 Å². The third-order valence-corrected chi connectivity index (χ3v) is 5.43. The summed E-state index contributed by atoms with van der Waals surface area (Å²) in [5.41, 5.74) is 0.796. The van der Waals surface area contributed by atoms with E-state index in [4.69, 9.17) is 0 Å². The standard InChI is InChI=1S/C21H16FN3O2S/c1-13-23-20-15(11-18(28-20)14-7-3-2-4-8-14)21(27)25(13)12-19(26)24-17-10-6-5-9-16(17)22/h2-11H,12H2,1H3,(H,24,26). The first-order valence-corrected chi connectivity index (χ1v) is 9.45. The fourth-order valence-electron chi connectivity index (χ4n) is 2.94. The zero-order valence-electron chi connectivity index (χ0n) is 15.0. The molecule has 2 heterocycles. The average molecular weight is 393 g/mol. The van der Waals surface area contributed by atoms with Gasteiger partial charge in [-0.05, 0) is 30.7 Å². The lowest BCUT2D eigenvalue weighted by Crippen LogP contribution is -2.30. The lowest BCUT2D eigenvalue weighted by atomic mass is 10.2. The molecular formula is C21H16FN3O2S. The van der Waals surface area contributed by atoms with Crippen LogP contribution in [0.1, 0.15) is 5.82 Å². The molecule has 0 unspecified atom stereocenters. The number of hydrogen-bond acceptors (Lipinski definition) is 4. The van der Waals surface area contributed by atoms with E-state index >= 15 is 0 Å². The second-order valence-corrected chi connectivity index (χ2v) is 7.30. The molecule has 1 amide bonds. The van der Waals surface area contributed by atoms with E-state index in [1.54, 1.807) is 25.1 Å². The van der Waals surface area contributed by atoms with Gasteiger partial charge in [0.1, 0.15) is 23.0 Å². The van der Waals surface area contributed by atoms with E-state index in [0.717, 1.165) is 10.4 Å². The molecule has 7 heteroatoms. The summed E-state index contributed by atoms with van der Waals surface area (Å²) in [6.07, 6.45) is 0. The van der Waals surface area contributed by atoms with E-state index in [0.29, 0.717) is 16.0 Å². The Morgan fingerprint density at radius 2 is 1.86 bits per heavy atom. The van der Waals surface area contributed by atoms with E-state index < -0.39 is 11.7 Å². The van der Waals surface area contributed by atoms with Crippen molar-refractivity contribution in [2.24, 2.45) is 0 Å². The van der Waals surface area contributed by atoms with Gasteiger partial charge in [0.2, 0.25) is 5.91 Å². The van der Waals surface area contributed by atoms with Crippen LogP contribution in [0.5, 0.6) is 0 Å². The molecule has 1 N–H and O–H groups in total. The minimum absolute atomic E-state index is 0.0779. The van der Waals surface area contributed by atoms with Crippen molar-refractivity contribution in [2.75, 3.05) is 5.32 Å². The number of aryl methyl sites for hydroxylation is 1. The smallest absolute Gasteiger partial charge is 0.262 e. The van der Waals surface area contributed by atoms with Gasteiger partial charge in [0.15, 0.2) is 0 Å². The number of nitrogens with one attached hydrogen (secondary N) is 1. The van der Waals surface area contributed by atoms with E-state index in [2.05, 4.69) is 10.3 Å². The molecular weight excluding hydrogens is 377 g/mol. The molecule has 4 aromatic rings. The second-order valence-electron chi connectivity index (χ2n) is 6.27. The fraction of sp³-hybridized carbons (Fsp3) is 0.0952. The number of anilines is 1. The number of benzene rings is 2. The highest BCUT2D eigenvalue weighted by atomic mass is 32.1. The van der Waals surface area contributed by atoms with Crippen molar-refractivity contribution in [1.29, 1.82) is 0 Å². The molecule has 0 saturated carbocycles.